The van der Waals surface area contributed by atoms with Gasteiger partial charge in [-0.05, 0) is 6.07 Å². The molecular formula is C11H14N3O5P. The van der Waals surface area contributed by atoms with Crippen LogP contribution in [0.2, 0.25) is 0 Å². The van der Waals surface area contributed by atoms with Crippen molar-refractivity contribution in [3.05, 3.63) is 29.8 Å². The Balaban J connectivity index is 2.05. The number of rotatable bonds is 1. The molecule has 0 bridgehead atoms. The first kappa shape index (κ1) is 14.4. The second-order valence-electron chi connectivity index (χ2n) is 4.01. The summed E-state index contributed by atoms with van der Waals surface area (Å²) >= 11 is 0. The third-order valence-corrected chi connectivity index (χ3v) is 3.80. The zero-order valence-corrected chi connectivity index (χ0v) is 11.8. The first-order valence-electron chi connectivity index (χ1n) is 5.71. The summed E-state index contributed by atoms with van der Waals surface area (Å²) in [5.74, 6) is -0.589. The first-order valence-corrected chi connectivity index (χ1v) is 7.25. The van der Waals surface area contributed by atoms with Crippen LogP contribution in [0.3, 0.4) is 0 Å². The van der Waals surface area contributed by atoms with E-state index < -0.39 is 19.7 Å². The summed E-state index contributed by atoms with van der Waals surface area (Å²) < 4.78 is 22.7. The molecule has 1 aromatic carbocycles. The summed E-state index contributed by atoms with van der Waals surface area (Å²) in [6, 6.07) is 7.00. The number of hydrogen-bond donors (Lipinski definition) is 2. The van der Waals surface area contributed by atoms with Gasteiger partial charge in [0, 0.05) is 19.5 Å². The lowest BCUT2D eigenvalue weighted by atomic mass is 10.2. The summed E-state index contributed by atoms with van der Waals surface area (Å²) in [5, 5.41) is 10.8. The average Bonchev–Trinajstić information content (AvgIpc) is 2.37. The maximum atomic E-state index is 12.3. The molecule has 0 fully saturated rings. The van der Waals surface area contributed by atoms with Crippen molar-refractivity contribution in [2.24, 2.45) is 0 Å². The third-order valence-electron chi connectivity index (χ3n) is 2.40. The van der Waals surface area contributed by atoms with E-state index >= 15 is 0 Å². The van der Waals surface area contributed by atoms with E-state index in [0.717, 1.165) is 10.6 Å². The van der Waals surface area contributed by atoms with Crippen molar-refractivity contribution in [2.45, 2.75) is 13.5 Å². The van der Waals surface area contributed by atoms with Crippen molar-refractivity contribution >= 4 is 19.7 Å². The SMILES string of the molecule is CC(=O)ON(C)C(=N)NP1(=O)OCc2ccccc2O1. The van der Waals surface area contributed by atoms with Crippen molar-refractivity contribution in [1.29, 1.82) is 5.41 Å². The zero-order chi connectivity index (χ0) is 14.8. The van der Waals surface area contributed by atoms with E-state index in [-0.39, 0.29) is 6.61 Å². The molecular weight excluding hydrogens is 285 g/mol. The van der Waals surface area contributed by atoms with Crippen molar-refractivity contribution < 1.29 is 23.2 Å². The van der Waals surface area contributed by atoms with Crippen LogP contribution >= 0.6 is 7.75 Å². The summed E-state index contributed by atoms with van der Waals surface area (Å²) in [6.45, 7) is 1.29. The number of hydrogen-bond acceptors (Lipinski definition) is 6. The van der Waals surface area contributed by atoms with E-state index in [2.05, 4.69) is 9.92 Å². The Kier molecular flexibility index (Phi) is 3.96. The van der Waals surface area contributed by atoms with Gasteiger partial charge in [0.05, 0.1) is 6.61 Å². The number of benzene rings is 1. The fourth-order valence-corrected chi connectivity index (χ4v) is 2.83. The second-order valence-corrected chi connectivity index (χ2v) is 5.67. The first-order chi connectivity index (χ1) is 9.39. The fourth-order valence-electron chi connectivity index (χ4n) is 1.52. The third kappa shape index (κ3) is 3.28. The minimum Gasteiger partial charge on any atom is -0.409 e. The Morgan fingerprint density at radius 3 is 2.90 bits per heavy atom. The topological polar surface area (TPSA) is 101 Å². The zero-order valence-electron chi connectivity index (χ0n) is 11.0. The minimum atomic E-state index is -3.71. The highest BCUT2D eigenvalue weighted by molar-refractivity contribution is 7.52. The van der Waals surface area contributed by atoms with Gasteiger partial charge in [-0.1, -0.05) is 18.2 Å². The highest BCUT2D eigenvalue weighted by atomic mass is 31.2. The number of para-hydroxylation sites is 1. The van der Waals surface area contributed by atoms with Crippen LogP contribution in [0.4, 0.5) is 0 Å². The summed E-state index contributed by atoms with van der Waals surface area (Å²) in [7, 11) is -2.39. The Hall–Kier alpha value is -2.05. The molecule has 1 unspecified atom stereocenters. The fraction of sp³-hybridized carbons (Fsp3) is 0.273. The summed E-state index contributed by atoms with van der Waals surface area (Å²) in [6.07, 6.45) is 0. The molecule has 0 saturated carbocycles. The summed E-state index contributed by atoms with van der Waals surface area (Å²) in [5.41, 5.74) is 0.764. The van der Waals surface area contributed by atoms with Gasteiger partial charge in [0.2, 0.25) is 5.96 Å². The van der Waals surface area contributed by atoms with Crippen LogP contribution in [0.25, 0.3) is 0 Å². The molecule has 1 atom stereocenters. The number of fused-ring (bicyclic) bond motifs is 1. The van der Waals surface area contributed by atoms with Crippen molar-refractivity contribution in [2.75, 3.05) is 7.05 Å². The Morgan fingerprint density at radius 1 is 1.50 bits per heavy atom. The van der Waals surface area contributed by atoms with Gasteiger partial charge < -0.3 is 9.36 Å². The number of nitrogens with one attached hydrogen (secondary N) is 2. The maximum absolute atomic E-state index is 12.3. The minimum absolute atomic E-state index is 0.102. The monoisotopic (exact) mass is 299 g/mol. The van der Waals surface area contributed by atoms with Crippen molar-refractivity contribution in [1.82, 2.24) is 10.2 Å². The molecule has 0 amide bonds. The molecule has 20 heavy (non-hydrogen) atoms. The molecule has 9 heteroatoms. The number of nitrogens with zero attached hydrogens (tertiary/aromatic N) is 1. The number of carbonyl (C=O) groups excluding carboxylic acids is 1. The number of guanidine groups is 1. The van der Waals surface area contributed by atoms with Gasteiger partial charge in [-0.25, -0.2) is 4.57 Å². The molecule has 8 nitrogen and oxygen atoms in total. The largest absolute Gasteiger partial charge is 0.489 e. The van der Waals surface area contributed by atoms with Gasteiger partial charge >= 0.3 is 13.7 Å². The predicted octanol–water partition coefficient (Wildman–Crippen LogP) is 1.64. The predicted molar refractivity (Wildman–Crippen MR) is 69.9 cm³/mol. The van der Waals surface area contributed by atoms with Gasteiger partial charge in [0.15, 0.2) is 0 Å². The van der Waals surface area contributed by atoms with E-state index in [4.69, 9.17) is 14.5 Å². The molecule has 0 radical (unpaired) electrons. The lowest BCUT2D eigenvalue weighted by Gasteiger charge is -2.27. The smallest absolute Gasteiger partial charge is 0.409 e. The van der Waals surface area contributed by atoms with E-state index in [0.29, 0.717) is 5.75 Å². The molecule has 1 aliphatic rings. The van der Waals surface area contributed by atoms with Gasteiger partial charge in [0.25, 0.3) is 0 Å². The van der Waals surface area contributed by atoms with Gasteiger partial charge in [0.1, 0.15) is 5.75 Å². The quantitative estimate of drug-likeness (QED) is 0.352. The molecule has 2 rings (SSSR count). The molecule has 0 saturated heterocycles. The van der Waals surface area contributed by atoms with Crippen LogP contribution in [0, 0.1) is 5.41 Å². The van der Waals surface area contributed by atoms with Crippen LogP contribution in [-0.2, 0) is 25.3 Å². The van der Waals surface area contributed by atoms with E-state index in [1.807, 2.05) is 6.07 Å². The average molecular weight is 299 g/mol. The highest BCUT2D eigenvalue weighted by Gasteiger charge is 2.34. The van der Waals surface area contributed by atoms with Crippen molar-refractivity contribution in [3.8, 4) is 5.75 Å². The molecule has 2 N–H and O–H groups in total. The van der Waals surface area contributed by atoms with Gasteiger partial charge in [-0.3, -0.25) is 19.8 Å². The van der Waals surface area contributed by atoms with Crippen LogP contribution < -0.4 is 9.61 Å². The molecule has 0 aromatic heterocycles. The second kappa shape index (κ2) is 5.52. The van der Waals surface area contributed by atoms with E-state index in [1.54, 1.807) is 18.2 Å². The Bertz CT molecular complexity index is 591. The van der Waals surface area contributed by atoms with E-state index in [1.165, 1.54) is 14.0 Å². The molecule has 1 aliphatic heterocycles. The van der Waals surface area contributed by atoms with E-state index in [9.17, 15) is 9.36 Å². The van der Waals surface area contributed by atoms with Gasteiger partial charge in [-0.15, -0.1) is 0 Å². The van der Waals surface area contributed by atoms with Crippen LogP contribution in [0.5, 0.6) is 5.75 Å². The molecule has 0 spiro atoms. The van der Waals surface area contributed by atoms with Gasteiger partial charge in [-0.2, -0.15) is 5.06 Å². The standard InChI is InChI=1S/C11H14N3O5P/c1-8(15)18-14(2)11(12)13-20(16)17-7-9-5-3-4-6-10(9)19-20/h3-6H,7H2,1-2H3,(H2,12,13,16). The summed E-state index contributed by atoms with van der Waals surface area (Å²) in [4.78, 5) is 15.4. The lowest BCUT2D eigenvalue weighted by molar-refractivity contribution is -0.166. The van der Waals surface area contributed by atoms with Crippen molar-refractivity contribution in [3.63, 3.8) is 0 Å². The number of carbonyl (C=O) groups is 1. The Morgan fingerprint density at radius 2 is 2.20 bits per heavy atom. The number of hydroxylamine groups is 2. The molecule has 108 valence electrons. The van der Waals surface area contributed by atoms with Crippen LogP contribution in [0.15, 0.2) is 24.3 Å². The normalized spacial score (nSPS) is 20.3. The van der Waals surface area contributed by atoms with Crippen LogP contribution in [0.1, 0.15) is 12.5 Å². The Labute approximate surface area is 115 Å². The molecule has 1 heterocycles. The van der Waals surface area contributed by atoms with Crippen LogP contribution in [-0.4, -0.2) is 24.0 Å². The maximum Gasteiger partial charge on any atom is 0.489 e. The molecule has 0 aliphatic carbocycles. The lowest BCUT2D eigenvalue weighted by Crippen LogP contribution is -2.39. The molecule has 1 aromatic rings. The highest BCUT2D eigenvalue weighted by Crippen LogP contribution is 2.50.